The minimum atomic E-state index is -0.947. The molecule has 0 fully saturated rings. The Labute approximate surface area is 129 Å². The third-order valence-electron chi connectivity index (χ3n) is 2.77. The second-order valence-corrected chi connectivity index (χ2v) is 5.44. The zero-order valence-corrected chi connectivity index (χ0v) is 12.8. The highest BCUT2D eigenvalue weighted by Crippen LogP contribution is 2.22. The fourth-order valence-electron chi connectivity index (χ4n) is 1.68. The zero-order valence-electron chi connectivity index (χ0n) is 10.7. The van der Waals surface area contributed by atoms with E-state index in [1.54, 1.807) is 30.5 Å². The molecule has 0 spiro atoms. The number of carbonyl (C=O) groups is 1. The molecule has 0 radical (unpaired) electrons. The molecule has 4 nitrogen and oxygen atoms in total. The Balaban J connectivity index is 2.27. The maximum atomic E-state index is 10.9. The van der Waals surface area contributed by atoms with Gasteiger partial charge in [-0.3, -0.25) is 4.99 Å². The second kappa shape index (κ2) is 6.04. The first-order chi connectivity index (χ1) is 9.47. The third-order valence-corrected chi connectivity index (χ3v) is 3.63. The van der Waals surface area contributed by atoms with Crippen LogP contribution in [0.25, 0.3) is 0 Å². The summed E-state index contributed by atoms with van der Waals surface area (Å²) in [5.74, 6) is -0.707. The van der Waals surface area contributed by atoms with E-state index in [0.717, 1.165) is 20.4 Å². The predicted octanol–water partition coefficient (Wildman–Crippen LogP) is 3.75. The van der Waals surface area contributed by atoms with Gasteiger partial charge in [-0.05, 0) is 77.0 Å². The molecule has 2 aromatic rings. The summed E-state index contributed by atoms with van der Waals surface area (Å²) in [4.78, 5) is 15.2. The molecule has 0 aliphatic carbocycles. The summed E-state index contributed by atoms with van der Waals surface area (Å²) < 4.78 is 0.754. The van der Waals surface area contributed by atoms with E-state index in [1.165, 1.54) is 6.07 Å². The lowest BCUT2D eigenvalue weighted by molar-refractivity contribution is 0.0697. The molecule has 0 aromatic heterocycles. The van der Waals surface area contributed by atoms with Gasteiger partial charge in [-0.15, -0.1) is 0 Å². The smallest absolute Gasteiger partial charge is 0.335 e. The topological polar surface area (TPSA) is 69.9 Å². The summed E-state index contributed by atoms with van der Waals surface area (Å²) in [7, 11) is 0. The Kier molecular flexibility index (Phi) is 4.39. The van der Waals surface area contributed by atoms with Crippen molar-refractivity contribution in [2.45, 2.75) is 6.92 Å². The number of carboxylic acids is 1. The lowest BCUT2D eigenvalue weighted by Crippen LogP contribution is -1.95. The molecular formula is C15H12INO3. The summed E-state index contributed by atoms with van der Waals surface area (Å²) in [6.07, 6.45) is 1.68. The van der Waals surface area contributed by atoms with Crippen LogP contribution in [-0.4, -0.2) is 22.4 Å². The highest BCUT2D eigenvalue weighted by atomic mass is 127. The Morgan fingerprint density at radius 3 is 2.60 bits per heavy atom. The van der Waals surface area contributed by atoms with E-state index in [0.29, 0.717) is 0 Å². The number of halogens is 1. The average molecular weight is 381 g/mol. The quantitative estimate of drug-likeness (QED) is 0.629. The molecule has 0 aliphatic heterocycles. The van der Waals surface area contributed by atoms with E-state index in [4.69, 9.17) is 5.11 Å². The van der Waals surface area contributed by atoms with Crippen molar-refractivity contribution >= 4 is 40.5 Å². The first-order valence-electron chi connectivity index (χ1n) is 5.84. The molecule has 0 saturated heterocycles. The first kappa shape index (κ1) is 14.5. The molecule has 0 amide bonds. The monoisotopic (exact) mass is 381 g/mol. The highest BCUT2D eigenvalue weighted by molar-refractivity contribution is 14.1. The van der Waals surface area contributed by atoms with Crippen molar-refractivity contribution in [2.75, 3.05) is 0 Å². The van der Waals surface area contributed by atoms with Gasteiger partial charge in [-0.25, -0.2) is 4.79 Å². The van der Waals surface area contributed by atoms with Crippen LogP contribution in [0, 0.1) is 10.5 Å². The molecule has 20 heavy (non-hydrogen) atoms. The number of aromatic hydroxyl groups is 1. The molecule has 0 heterocycles. The van der Waals surface area contributed by atoms with Crippen molar-refractivity contribution in [1.82, 2.24) is 0 Å². The molecule has 2 rings (SSSR count). The second-order valence-electron chi connectivity index (χ2n) is 4.28. The summed E-state index contributed by atoms with van der Waals surface area (Å²) in [5, 5.41) is 18.3. The van der Waals surface area contributed by atoms with Gasteiger partial charge in [0.1, 0.15) is 5.75 Å². The van der Waals surface area contributed by atoms with Crippen molar-refractivity contribution in [3.8, 4) is 5.75 Å². The number of nitrogens with zero attached hydrogens (tertiary/aromatic N) is 1. The number of aromatic carboxylic acids is 1. The Morgan fingerprint density at radius 2 is 2.00 bits per heavy atom. The Hall–Kier alpha value is -1.89. The van der Waals surface area contributed by atoms with Crippen LogP contribution >= 0.6 is 22.6 Å². The van der Waals surface area contributed by atoms with Crippen molar-refractivity contribution in [2.24, 2.45) is 4.99 Å². The number of rotatable bonds is 3. The van der Waals surface area contributed by atoms with Gasteiger partial charge in [0.15, 0.2) is 0 Å². The van der Waals surface area contributed by atoms with E-state index in [9.17, 15) is 9.90 Å². The van der Waals surface area contributed by atoms with Gasteiger partial charge < -0.3 is 10.2 Å². The zero-order chi connectivity index (χ0) is 14.7. The van der Waals surface area contributed by atoms with Gasteiger partial charge in [-0.2, -0.15) is 0 Å². The van der Waals surface area contributed by atoms with Gasteiger partial charge in [0.2, 0.25) is 0 Å². The van der Waals surface area contributed by atoms with Crippen molar-refractivity contribution in [3.05, 3.63) is 56.7 Å². The van der Waals surface area contributed by atoms with Gasteiger partial charge in [-0.1, -0.05) is 0 Å². The molecule has 5 heteroatoms. The predicted molar refractivity (Wildman–Crippen MR) is 86.2 cm³/mol. The number of aliphatic imine (C=N–C) groups is 1. The van der Waals surface area contributed by atoms with Crippen molar-refractivity contribution in [3.63, 3.8) is 0 Å². The van der Waals surface area contributed by atoms with E-state index < -0.39 is 5.97 Å². The van der Waals surface area contributed by atoms with Gasteiger partial charge in [0, 0.05) is 6.21 Å². The fraction of sp³-hybridized carbons (Fsp3) is 0.0667. The number of aryl methyl sites for hydroxylation is 1. The average Bonchev–Trinajstić information content (AvgIpc) is 2.41. The van der Waals surface area contributed by atoms with Crippen LogP contribution in [0.4, 0.5) is 5.69 Å². The molecule has 102 valence electrons. The minimum Gasteiger partial charge on any atom is -0.507 e. The van der Waals surface area contributed by atoms with Crippen molar-refractivity contribution < 1.29 is 15.0 Å². The van der Waals surface area contributed by atoms with E-state index >= 15 is 0 Å². The van der Waals surface area contributed by atoms with Crippen LogP contribution in [0.5, 0.6) is 5.75 Å². The summed E-state index contributed by atoms with van der Waals surface area (Å²) in [5.41, 5.74) is 2.64. The minimum absolute atomic E-state index is 0.241. The number of hydrogen-bond acceptors (Lipinski definition) is 3. The van der Waals surface area contributed by atoms with Crippen molar-refractivity contribution in [1.29, 1.82) is 0 Å². The number of phenolic OH excluding ortho intramolecular Hbond substituents is 1. The van der Waals surface area contributed by atoms with Crippen LogP contribution in [0.2, 0.25) is 0 Å². The number of hydrogen-bond donors (Lipinski definition) is 2. The standard InChI is InChI=1S/C15H12INO3/c1-9-6-11(15(19)20)3-4-13(9)17-8-10-2-5-14(18)12(16)7-10/h2-8,18H,1H3,(H,19,20). The third kappa shape index (κ3) is 3.36. The van der Waals surface area contributed by atoms with Gasteiger partial charge in [0.25, 0.3) is 0 Å². The van der Waals surface area contributed by atoms with Crippen LogP contribution < -0.4 is 0 Å². The summed E-state index contributed by atoms with van der Waals surface area (Å²) >= 11 is 2.05. The maximum absolute atomic E-state index is 10.9. The molecule has 0 atom stereocenters. The van der Waals surface area contributed by atoms with E-state index in [-0.39, 0.29) is 11.3 Å². The molecule has 0 aliphatic rings. The lowest BCUT2D eigenvalue weighted by atomic mass is 10.1. The van der Waals surface area contributed by atoms with Crippen LogP contribution in [0.1, 0.15) is 21.5 Å². The molecule has 0 unspecified atom stereocenters. The molecular weight excluding hydrogens is 369 g/mol. The highest BCUT2D eigenvalue weighted by Gasteiger charge is 2.04. The molecule has 0 saturated carbocycles. The molecule has 2 aromatic carbocycles. The van der Waals surface area contributed by atoms with Gasteiger partial charge in [0.05, 0.1) is 14.8 Å². The number of phenols is 1. The lowest BCUT2D eigenvalue weighted by Gasteiger charge is -2.02. The fourth-order valence-corrected chi connectivity index (χ4v) is 2.22. The number of carboxylic acid groups (broad SMARTS) is 1. The van der Waals surface area contributed by atoms with Crippen LogP contribution in [0.3, 0.4) is 0 Å². The Morgan fingerprint density at radius 1 is 1.25 bits per heavy atom. The van der Waals surface area contributed by atoms with E-state index in [1.807, 2.05) is 35.6 Å². The maximum Gasteiger partial charge on any atom is 0.335 e. The summed E-state index contributed by atoms with van der Waals surface area (Å²) in [6, 6.07) is 10.0. The molecule has 0 bridgehead atoms. The Bertz CT molecular complexity index is 696. The van der Waals surface area contributed by atoms with Crippen LogP contribution in [-0.2, 0) is 0 Å². The largest absolute Gasteiger partial charge is 0.507 e. The van der Waals surface area contributed by atoms with Gasteiger partial charge >= 0.3 is 5.97 Å². The summed E-state index contributed by atoms with van der Waals surface area (Å²) in [6.45, 7) is 1.82. The normalized spacial score (nSPS) is 10.9. The SMILES string of the molecule is Cc1cc(C(=O)O)ccc1N=Cc1ccc(O)c(I)c1. The number of benzene rings is 2. The molecule has 2 N–H and O–H groups in total. The first-order valence-corrected chi connectivity index (χ1v) is 6.92. The van der Waals surface area contributed by atoms with Crippen LogP contribution in [0.15, 0.2) is 41.4 Å². The van der Waals surface area contributed by atoms with E-state index in [2.05, 4.69) is 4.99 Å².